The van der Waals surface area contributed by atoms with Gasteiger partial charge in [-0.1, -0.05) is 6.92 Å². The zero-order chi connectivity index (χ0) is 8.15. The molecule has 0 amide bonds. The van der Waals surface area contributed by atoms with E-state index in [0.29, 0.717) is 0 Å². The Bertz CT molecular complexity index is 116. The van der Waals surface area contributed by atoms with Crippen molar-refractivity contribution in [2.24, 2.45) is 5.92 Å². The Morgan fingerprint density at radius 2 is 2.10 bits per heavy atom. The van der Waals surface area contributed by atoms with Crippen LogP contribution < -0.4 is 0 Å². The molecule has 0 bridgehead atoms. The first-order valence-corrected chi connectivity index (χ1v) is 3.22. The summed E-state index contributed by atoms with van der Waals surface area (Å²) in [5.74, 6) is -0.0139. The van der Waals surface area contributed by atoms with Crippen LogP contribution in [0.2, 0.25) is 0 Å². The monoisotopic (exact) mass is 147 g/mol. The zero-order valence-corrected chi connectivity index (χ0v) is 6.53. The highest BCUT2D eigenvalue weighted by atomic mass is 16.6. The van der Waals surface area contributed by atoms with Crippen molar-refractivity contribution in [2.45, 2.75) is 20.0 Å². The van der Waals surface area contributed by atoms with Gasteiger partial charge in [0.05, 0.1) is 6.10 Å². The molecule has 0 rings (SSSR count). The van der Waals surface area contributed by atoms with Crippen LogP contribution in [0.3, 0.4) is 0 Å². The van der Waals surface area contributed by atoms with Crippen LogP contribution >= 0.6 is 0 Å². The van der Waals surface area contributed by atoms with Gasteiger partial charge in [0.1, 0.15) is 0 Å². The predicted octanol–water partition coefficient (Wildman–Crippen LogP) is 0.934. The molecule has 0 aromatic heterocycles. The topological polar surface area (TPSA) is 52.4 Å². The summed E-state index contributed by atoms with van der Waals surface area (Å²) in [7, 11) is 1.56. The lowest BCUT2D eigenvalue weighted by Crippen LogP contribution is -2.23. The first-order chi connectivity index (χ1) is 4.57. The summed E-state index contributed by atoms with van der Waals surface area (Å²) in [4.78, 5) is 9.66. The lowest BCUT2D eigenvalue weighted by atomic mass is 10.1. The van der Waals surface area contributed by atoms with Gasteiger partial charge >= 0.3 is 0 Å². The maximum Gasteiger partial charge on any atom is 0.208 e. The summed E-state index contributed by atoms with van der Waals surface area (Å²) in [6.07, 6.45) is -0.0367. The van der Waals surface area contributed by atoms with Crippen molar-refractivity contribution in [3.05, 3.63) is 10.1 Å². The Morgan fingerprint density at radius 1 is 1.60 bits per heavy atom. The lowest BCUT2D eigenvalue weighted by molar-refractivity contribution is -0.489. The van der Waals surface area contributed by atoms with E-state index in [9.17, 15) is 10.1 Å². The second kappa shape index (κ2) is 4.22. The van der Waals surface area contributed by atoms with Crippen molar-refractivity contribution in [1.29, 1.82) is 0 Å². The number of hydrogen-bond donors (Lipinski definition) is 0. The van der Waals surface area contributed by atoms with Crippen molar-refractivity contribution in [3.8, 4) is 0 Å². The van der Waals surface area contributed by atoms with Gasteiger partial charge in [-0.05, 0) is 6.92 Å². The van der Waals surface area contributed by atoms with Gasteiger partial charge in [0.15, 0.2) is 0 Å². The van der Waals surface area contributed by atoms with Gasteiger partial charge in [-0.3, -0.25) is 10.1 Å². The fourth-order valence-corrected chi connectivity index (χ4v) is 0.616. The molecule has 0 fully saturated rings. The van der Waals surface area contributed by atoms with E-state index in [0.717, 1.165) is 0 Å². The van der Waals surface area contributed by atoms with E-state index < -0.39 is 0 Å². The number of methoxy groups -OCH3 is 1. The van der Waals surface area contributed by atoms with E-state index in [1.165, 1.54) is 0 Å². The molecule has 0 aromatic rings. The van der Waals surface area contributed by atoms with Gasteiger partial charge in [0, 0.05) is 18.0 Å². The molecule has 0 saturated carbocycles. The van der Waals surface area contributed by atoms with Gasteiger partial charge in [-0.25, -0.2) is 0 Å². The van der Waals surface area contributed by atoms with Gasteiger partial charge in [0.25, 0.3) is 0 Å². The van der Waals surface area contributed by atoms with E-state index in [4.69, 9.17) is 4.74 Å². The lowest BCUT2D eigenvalue weighted by Gasteiger charge is -2.13. The van der Waals surface area contributed by atoms with E-state index >= 15 is 0 Å². The molecule has 0 heterocycles. The van der Waals surface area contributed by atoms with E-state index in [1.807, 2.05) is 6.92 Å². The normalized spacial score (nSPS) is 16.3. The number of nitro groups is 1. The third-order valence-corrected chi connectivity index (χ3v) is 1.61. The van der Waals surface area contributed by atoms with Crippen LogP contribution in [0.4, 0.5) is 0 Å². The largest absolute Gasteiger partial charge is 0.381 e. The smallest absolute Gasteiger partial charge is 0.208 e. The van der Waals surface area contributed by atoms with E-state index in [2.05, 4.69) is 0 Å². The Labute approximate surface area is 60.3 Å². The van der Waals surface area contributed by atoms with Crippen LogP contribution in [0.1, 0.15) is 13.8 Å². The van der Waals surface area contributed by atoms with Crippen molar-refractivity contribution in [2.75, 3.05) is 13.7 Å². The van der Waals surface area contributed by atoms with E-state index in [-0.39, 0.29) is 23.5 Å². The number of rotatable bonds is 4. The van der Waals surface area contributed by atoms with Crippen molar-refractivity contribution in [1.82, 2.24) is 0 Å². The molecule has 0 aromatic carbocycles. The third-order valence-electron chi connectivity index (χ3n) is 1.61. The molecule has 0 saturated heterocycles. The average Bonchev–Trinajstić information content (AvgIpc) is 1.85. The fourth-order valence-electron chi connectivity index (χ4n) is 0.616. The fraction of sp³-hybridized carbons (Fsp3) is 1.00. The minimum atomic E-state index is -0.319. The second-order valence-corrected chi connectivity index (χ2v) is 2.43. The Hall–Kier alpha value is -0.640. The highest BCUT2D eigenvalue weighted by molar-refractivity contribution is 4.58. The molecule has 0 unspecified atom stereocenters. The summed E-state index contributed by atoms with van der Waals surface area (Å²) in [5.41, 5.74) is 0. The third kappa shape index (κ3) is 3.40. The van der Waals surface area contributed by atoms with Gasteiger partial charge in [-0.15, -0.1) is 0 Å². The molecule has 60 valence electrons. The molecule has 0 aliphatic carbocycles. The number of hydrogen-bond acceptors (Lipinski definition) is 3. The summed E-state index contributed by atoms with van der Waals surface area (Å²) in [6.45, 7) is 3.61. The molecule has 10 heavy (non-hydrogen) atoms. The van der Waals surface area contributed by atoms with Crippen LogP contribution in [0.5, 0.6) is 0 Å². The highest BCUT2D eigenvalue weighted by Crippen LogP contribution is 2.04. The molecule has 0 N–H and O–H groups in total. The molecule has 0 aliphatic rings. The minimum absolute atomic E-state index is 0.0139. The van der Waals surface area contributed by atoms with Crippen LogP contribution in [-0.4, -0.2) is 24.7 Å². The SMILES string of the molecule is CO[C@@H](C)[C@H](C)C[N+](=O)[O-]. The quantitative estimate of drug-likeness (QED) is 0.439. The maximum absolute atomic E-state index is 9.98. The minimum Gasteiger partial charge on any atom is -0.381 e. The molecule has 0 spiro atoms. The molecule has 0 aliphatic heterocycles. The molecule has 2 atom stereocenters. The Balaban J connectivity index is 3.61. The summed E-state index contributed by atoms with van der Waals surface area (Å²) >= 11 is 0. The Kier molecular flexibility index (Phi) is 3.95. The summed E-state index contributed by atoms with van der Waals surface area (Å²) in [6, 6.07) is 0. The summed E-state index contributed by atoms with van der Waals surface area (Å²) in [5, 5.41) is 9.98. The number of ether oxygens (including phenoxy) is 1. The molecule has 4 heteroatoms. The molecular formula is C6H13NO3. The van der Waals surface area contributed by atoms with E-state index in [1.54, 1.807) is 14.0 Å². The second-order valence-electron chi connectivity index (χ2n) is 2.43. The molecule has 0 radical (unpaired) electrons. The first-order valence-electron chi connectivity index (χ1n) is 3.22. The first kappa shape index (κ1) is 9.36. The maximum atomic E-state index is 9.98. The van der Waals surface area contributed by atoms with Crippen LogP contribution in [0, 0.1) is 16.0 Å². The zero-order valence-electron chi connectivity index (χ0n) is 6.53. The molecular weight excluding hydrogens is 134 g/mol. The summed E-state index contributed by atoms with van der Waals surface area (Å²) < 4.78 is 4.91. The standard InChI is InChI=1S/C6H13NO3/c1-5(4-7(8)9)6(2)10-3/h5-6H,4H2,1-3H3/t5-,6+/m1/s1. The average molecular weight is 147 g/mol. The van der Waals surface area contributed by atoms with Gasteiger partial charge < -0.3 is 4.74 Å². The van der Waals surface area contributed by atoms with Crippen LogP contribution in [0.25, 0.3) is 0 Å². The van der Waals surface area contributed by atoms with Crippen molar-refractivity contribution in [3.63, 3.8) is 0 Å². The Morgan fingerprint density at radius 3 is 2.40 bits per heavy atom. The number of nitrogens with zero attached hydrogens (tertiary/aromatic N) is 1. The van der Waals surface area contributed by atoms with Gasteiger partial charge in [-0.2, -0.15) is 0 Å². The predicted molar refractivity (Wildman–Crippen MR) is 37.5 cm³/mol. The van der Waals surface area contributed by atoms with Crippen molar-refractivity contribution >= 4 is 0 Å². The van der Waals surface area contributed by atoms with Crippen LogP contribution in [0.15, 0.2) is 0 Å². The van der Waals surface area contributed by atoms with Crippen LogP contribution in [-0.2, 0) is 4.74 Å². The molecule has 4 nitrogen and oxygen atoms in total. The van der Waals surface area contributed by atoms with Crippen molar-refractivity contribution < 1.29 is 9.66 Å². The highest BCUT2D eigenvalue weighted by Gasteiger charge is 2.16. The van der Waals surface area contributed by atoms with Gasteiger partial charge in [0.2, 0.25) is 6.54 Å².